The highest BCUT2D eigenvalue weighted by Gasteiger charge is 2.49. The van der Waals surface area contributed by atoms with Crippen LogP contribution in [0.4, 0.5) is 0 Å². The lowest BCUT2D eigenvalue weighted by molar-refractivity contribution is 0.787. The third kappa shape index (κ3) is 2.57. The molecule has 2 aliphatic rings. The lowest BCUT2D eigenvalue weighted by atomic mass is 9.93. The van der Waals surface area contributed by atoms with Gasteiger partial charge in [-0.3, -0.25) is 0 Å². The molecular weight excluding hydrogens is 328 g/mol. The fourth-order valence-electron chi connectivity index (χ4n) is 3.89. The topological polar surface area (TPSA) is 25.8 Å². The summed E-state index contributed by atoms with van der Waals surface area (Å²) in [6, 6.07) is 16.4. The molecule has 0 saturated heterocycles. The van der Waals surface area contributed by atoms with E-state index in [4.69, 9.17) is 9.97 Å². The predicted octanol–water partition coefficient (Wildman–Crippen LogP) is 6.09. The Kier molecular flexibility index (Phi) is 3.48. The van der Waals surface area contributed by atoms with Gasteiger partial charge in [0.15, 0.2) is 0 Å². The fraction of sp³-hybridized carbons (Fsp3) is 0.120. The van der Waals surface area contributed by atoms with Crippen molar-refractivity contribution in [1.82, 2.24) is 9.97 Å². The molecule has 0 aliphatic heterocycles. The molecule has 0 spiro atoms. The summed E-state index contributed by atoms with van der Waals surface area (Å²) < 4.78 is 0. The number of allylic oxidation sites excluding steroid dienone is 5. The van der Waals surface area contributed by atoms with Gasteiger partial charge in [-0.15, -0.1) is 6.58 Å². The zero-order valence-corrected chi connectivity index (χ0v) is 15.1. The molecule has 2 nitrogen and oxygen atoms in total. The largest absolute Gasteiger partial charge is 0.244 e. The van der Waals surface area contributed by atoms with E-state index in [-0.39, 0.29) is 5.41 Å². The molecule has 0 amide bonds. The van der Waals surface area contributed by atoms with Crippen LogP contribution in [-0.2, 0) is 0 Å². The molecule has 2 atom stereocenters. The summed E-state index contributed by atoms with van der Waals surface area (Å²) in [5.41, 5.74) is 7.18. The molecule has 2 unspecified atom stereocenters. The Balaban J connectivity index is 1.69. The van der Waals surface area contributed by atoms with Crippen LogP contribution >= 0.6 is 0 Å². The van der Waals surface area contributed by atoms with Gasteiger partial charge in [0.25, 0.3) is 0 Å². The second kappa shape index (κ2) is 5.88. The standard InChI is InChI=1S/C25H20N2/c1-3-17-9-11-18(12-10-17)23-24(27-22-8-6-5-7-21(22)26-23)19-13-14-25(4-2)16-20(25)15-19/h3-15,20H,1-2,16H2. The number of rotatable bonds is 4. The summed E-state index contributed by atoms with van der Waals surface area (Å²) in [6.07, 6.45) is 11.9. The molecule has 0 N–H and O–H groups in total. The van der Waals surface area contributed by atoms with Gasteiger partial charge in [-0.25, -0.2) is 9.97 Å². The zero-order valence-electron chi connectivity index (χ0n) is 15.1. The summed E-state index contributed by atoms with van der Waals surface area (Å²) in [5, 5.41) is 0. The van der Waals surface area contributed by atoms with Gasteiger partial charge in [0.2, 0.25) is 0 Å². The Morgan fingerprint density at radius 1 is 0.926 bits per heavy atom. The van der Waals surface area contributed by atoms with Crippen LogP contribution in [0.3, 0.4) is 0 Å². The highest BCUT2D eigenvalue weighted by Crippen LogP contribution is 2.58. The van der Waals surface area contributed by atoms with Gasteiger partial charge in [0.05, 0.1) is 22.4 Å². The van der Waals surface area contributed by atoms with Crippen molar-refractivity contribution in [3.05, 3.63) is 97.3 Å². The van der Waals surface area contributed by atoms with Crippen LogP contribution in [0.5, 0.6) is 0 Å². The first kappa shape index (κ1) is 16.0. The molecule has 130 valence electrons. The number of fused-ring (bicyclic) bond motifs is 2. The fourth-order valence-corrected chi connectivity index (χ4v) is 3.89. The van der Waals surface area contributed by atoms with E-state index in [0.29, 0.717) is 5.92 Å². The highest BCUT2D eigenvalue weighted by molar-refractivity contribution is 5.88. The molecular formula is C25H20N2. The zero-order chi connectivity index (χ0) is 18.4. The monoisotopic (exact) mass is 348 g/mol. The van der Waals surface area contributed by atoms with E-state index in [0.717, 1.165) is 45.5 Å². The van der Waals surface area contributed by atoms with Gasteiger partial charge in [-0.05, 0) is 35.6 Å². The van der Waals surface area contributed by atoms with E-state index in [1.54, 1.807) is 0 Å². The Hall–Kier alpha value is -3.26. The van der Waals surface area contributed by atoms with Crippen molar-refractivity contribution in [3.63, 3.8) is 0 Å². The van der Waals surface area contributed by atoms with E-state index >= 15 is 0 Å². The molecule has 3 aromatic rings. The quantitative estimate of drug-likeness (QED) is 0.534. The van der Waals surface area contributed by atoms with Crippen molar-refractivity contribution in [2.45, 2.75) is 6.42 Å². The first-order valence-electron chi connectivity index (χ1n) is 9.27. The van der Waals surface area contributed by atoms with Crippen LogP contribution in [0.1, 0.15) is 17.7 Å². The molecule has 0 bridgehead atoms. The summed E-state index contributed by atoms with van der Waals surface area (Å²) in [6.45, 7) is 7.84. The van der Waals surface area contributed by atoms with Crippen molar-refractivity contribution < 1.29 is 0 Å². The maximum Gasteiger partial charge on any atom is 0.0972 e. The lowest BCUT2D eigenvalue weighted by Gasteiger charge is -2.15. The number of aromatic nitrogens is 2. The van der Waals surface area contributed by atoms with Crippen LogP contribution in [0.2, 0.25) is 0 Å². The Labute approximate surface area is 159 Å². The Morgan fingerprint density at radius 3 is 2.26 bits per heavy atom. The molecule has 1 heterocycles. The first-order valence-corrected chi connectivity index (χ1v) is 9.27. The van der Waals surface area contributed by atoms with E-state index in [2.05, 4.69) is 61.7 Å². The van der Waals surface area contributed by atoms with Gasteiger partial charge >= 0.3 is 0 Å². The average Bonchev–Trinajstić information content (AvgIpc) is 3.47. The molecule has 5 rings (SSSR count). The Morgan fingerprint density at radius 2 is 1.63 bits per heavy atom. The predicted molar refractivity (Wildman–Crippen MR) is 113 cm³/mol. The normalized spacial score (nSPS) is 22.8. The van der Waals surface area contributed by atoms with Crippen LogP contribution in [0.25, 0.3) is 33.9 Å². The van der Waals surface area contributed by atoms with Crippen molar-refractivity contribution in [2.75, 3.05) is 0 Å². The Bertz CT molecular complexity index is 1130. The summed E-state index contributed by atoms with van der Waals surface area (Å²) in [7, 11) is 0. The van der Waals surface area contributed by atoms with E-state index in [1.807, 2.05) is 30.3 Å². The number of hydrogen-bond acceptors (Lipinski definition) is 2. The number of nitrogens with zero attached hydrogens (tertiary/aromatic N) is 2. The number of benzene rings is 2. The van der Waals surface area contributed by atoms with Crippen LogP contribution in [0.15, 0.2) is 86.0 Å². The van der Waals surface area contributed by atoms with E-state index < -0.39 is 0 Å². The SMILES string of the molecule is C=Cc1ccc(-c2nc3ccccc3nc2C2=CC3CC3(C=C)C=C2)cc1. The third-order valence-electron chi connectivity index (χ3n) is 5.70. The molecule has 2 heteroatoms. The summed E-state index contributed by atoms with van der Waals surface area (Å²) in [5.74, 6) is 0.527. The molecule has 27 heavy (non-hydrogen) atoms. The third-order valence-corrected chi connectivity index (χ3v) is 5.70. The minimum atomic E-state index is 0.166. The molecule has 0 radical (unpaired) electrons. The van der Waals surface area contributed by atoms with Crippen molar-refractivity contribution >= 4 is 22.7 Å². The van der Waals surface area contributed by atoms with Crippen LogP contribution < -0.4 is 0 Å². The molecule has 1 saturated carbocycles. The average molecular weight is 348 g/mol. The van der Waals surface area contributed by atoms with Gasteiger partial charge in [-0.1, -0.05) is 73.4 Å². The molecule has 2 aliphatic carbocycles. The molecule has 1 fully saturated rings. The molecule has 1 aromatic heterocycles. The van der Waals surface area contributed by atoms with E-state index in [9.17, 15) is 0 Å². The van der Waals surface area contributed by atoms with Gasteiger partial charge in [-0.2, -0.15) is 0 Å². The van der Waals surface area contributed by atoms with Crippen LogP contribution in [-0.4, -0.2) is 9.97 Å². The van der Waals surface area contributed by atoms with Crippen molar-refractivity contribution in [3.8, 4) is 11.3 Å². The van der Waals surface area contributed by atoms with Gasteiger partial charge < -0.3 is 0 Å². The maximum atomic E-state index is 4.99. The first-order chi connectivity index (χ1) is 13.2. The smallest absolute Gasteiger partial charge is 0.0972 e. The van der Waals surface area contributed by atoms with Crippen molar-refractivity contribution in [2.24, 2.45) is 11.3 Å². The molecule has 2 aromatic carbocycles. The lowest BCUT2D eigenvalue weighted by Crippen LogP contribution is -2.03. The highest BCUT2D eigenvalue weighted by atomic mass is 14.8. The van der Waals surface area contributed by atoms with Gasteiger partial charge in [0, 0.05) is 11.0 Å². The number of hydrogen-bond donors (Lipinski definition) is 0. The minimum absolute atomic E-state index is 0.166. The summed E-state index contributed by atoms with van der Waals surface area (Å²) >= 11 is 0. The minimum Gasteiger partial charge on any atom is -0.244 e. The van der Waals surface area contributed by atoms with E-state index in [1.165, 1.54) is 0 Å². The summed E-state index contributed by atoms with van der Waals surface area (Å²) in [4.78, 5) is 9.96. The van der Waals surface area contributed by atoms with Crippen LogP contribution in [0, 0.1) is 11.3 Å². The number of para-hydroxylation sites is 2. The second-order valence-corrected chi connectivity index (χ2v) is 7.32. The maximum absolute atomic E-state index is 4.99. The second-order valence-electron chi connectivity index (χ2n) is 7.32. The van der Waals surface area contributed by atoms with Gasteiger partial charge in [0.1, 0.15) is 0 Å². The van der Waals surface area contributed by atoms with Crippen molar-refractivity contribution in [1.29, 1.82) is 0 Å².